The van der Waals surface area contributed by atoms with Gasteiger partial charge in [-0.2, -0.15) is 0 Å². The molecule has 0 unspecified atom stereocenters. The number of rotatable bonds is 3. The number of pyridine rings is 1. The van der Waals surface area contributed by atoms with Crippen LogP contribution in [0.5, 0.6) is 17.2 Å². The van der Waals surface area contributed by atoms with E-state index in [1.807, 2.05) is 6.07 Å². The van der Waals surface area contributed by atoms with Crippen LogP contribution in [-0.4, -0.2) is 22.3 Å². The number of hydrogen-bond donors (Lipinski definition) is 2. The van der Waals surface area contributed by atoms with Gasteiger partial charge in [0.1, 0.15) is 16.0 Å². The van der Waals surface area contributed by atoms with Gasteiger partial charge in [0.15, 0.2) is 22.0 Å². The summed E-state index contributed by atoms with van der Waals surface area (Å²) in [5, 5.41) is 20.7. The second-order valence-electron chi connectivity index (χ2n) is 4.35. The molecular weight excluding hydrogens is 306 g/mol. The number of hydrogen-bond acceptors (Lipinski definition) is 7. The van der Waals surface area contributed by atoms with Crippen LogP contribution < -0.4 is 10.2 Å². The first-order chi connectivity index (χ1) is 10.6. The average Bonchev–Trinajstić information content (AvgIpc) is 2.47. The molecule has 0 radical (unpaired) electrons. The van der Waals surface area contributed by atoms with Gasteiger partial charge in [0.2, 0.25) is 5.75 Å². The van der Waals surface area contributed by atoms with E-state index in [1.54, 1.807) is 18.3 Å². The fourth-order valence-electron chi connectivity index (χ4n) is 2.01. The van der Waals surface area contributed by atoms with E-state index in [0.717, 1.165) is 0 Å². The monoisotopic (exact) mass is 317 g/mol. The zero-order valence-corrected chi connectivity index (χ0v) is 12.3. The van der Waals surface area contributed by atoms with Gasteiger partial charge in [-0.15, -0.1) is 0 Å². The summed E-state index contributed by atoms with van der Waals surface area (Å²) in [5.41, 5.74) is -0.364. The second kappa shape index (κ2) is 5.61. The van der Waals surface area contributed by atoms with Crippen LogP contribution in [0, 0.1) is 0 Å². The highest BCUT2D eigenvalue weighted by Crippen LogP contribution is 2.41. The molecule has 0 saturated heterocycles. The van der Waals surface area contributed by atoms with E-state index in [-0.39, 0.29) is 22.5 Å². The molecule has 0 fully saturated rings. The Labute approximate surface area is 129 Å². The van der Waals surface area contributed by atoms with Gasteiger partial charge in [0, 0.05) is 18.3 Å². The van der Waals surface area contributed by atoms with Crippen molar-refractivity contribution >= 4 is 22.7 Å². The van der Waals surface area contributed by atoms with Gasteiger partial charge in [-0.3, -0.25) is 4.79 Å². The Morgan fingerprint density at radius 3 is 2.77 bits per heavy atom. The number of phenolic OH excluding ortho intramolecular Hbond substituents is 2. The van der Waals surface area contributed by atoms with Crippen LogP contribution in [0.4, 0.5) is 0 Å². The molecule has 1 aromatic carbocycles. The number of methoxy groups -OCH3 is 1. The van der Waals surface area contributed by atoms with Gasteiger partial charge in [-0.25, -0.2) is 4.98 Å². The lowest BCUT2D eigenvalue weighted by molar-refractivity contribution is 0.345. The van der Waals surface area contributed by atoms with E-state index in [0.29, 0.717) is 10.1 Å². The van der Waals surface area contributed by atoms with Crippen molar-refractivity contribution in [2.75, 3.05) is 7.11 Å². The Kier molecular flexibility index (Phi) is 3.64. The molecule has 0 spiro atoms. The summed E-state index contributed by atoms with van der Waals surface area (Å²) < 4.78 is 10.4. The van der Waals surface area contributed by atoms with Crippen LogP contribution in [0.3, 0.4) is 0 Å². The van der Waals surface area contributed by atoms with Gasteiger partial charge < -0.3 is 19.4 Å². The molecule has 6 nitrogen and oxygen atoms in total. The van der Waals surface area contributed by atoms with Crippen molar-refractivity contribution in [3.63, 3.8) is 0 Å². The van der Waals surface area contributed by atoms with Crippen LogP contribution in [0.25, 0.3) is 11.0 Å². The highest BCUT2D eigenvalue weighted by atomic mass is 32.2. The summed E-state index contributed by atoms with van der Waals surface area (Å²) in [6.45, 7) is 0. The number of fused-ring (bicyclic) bond motifs is 1. The zero-order chi connectivity index (χ0) is 15.7. The summed E-state index contributed by atoms with van der Waals surface area (Å²) in [4.78, 5) is 16.3. The first kappa shape index (κ1) is 14.3. The van der Waals surface area contributed by atoms with E-state index in [4.69, 9.17) is 9.15 Å². The molecular formula is C15H11NO5S. The Morgan fingerprint density at radius 1 is 1.27 bits per heavy atom. The maximum atomic E-state index is 12.2. The first-order valence-electron chi connectivity index (χ1n) is 6.26. The molecule has 2 heterocycles. The Balaban J connectivity index is 2.15. The number of aromatic hydroxyl groups is 2. The fourth-order valence-corrected chi connectivity index (χ4v) is 2.77. The molecule has 112 valence electrons. The molecule has 3 aromatic rings. The molecule has 2 N–H and O–H groups in total. The topological polar surface area (TPSA) is 92.8 Å². The lowest BCUT2D eigenvalue weighted by Crippen LogP contribution is -2.01. The Bertz CT molecular complexity index is 892. The maximum absolute atomic E-state index is 12.2. The number of phenols is 2. The Morgan fingerprint density at radius 2 is 2.09 bits per heavy atom. The molecule has 0 amide bonds. The van der Waals surface area contributed by atoms with Crippen molar-refractivity contribution in [3.8, 4) is 17.2 Å². The summed E-state index contributed by atoms with van der Waals surface area (Å²) in [5.74, 6) is -0.916. The third-order valence-electron chi connectivity index (χ3n) is 2.95. The highest BCUT2D eigenvalue weighted by molar-refractivity contribution is 7.99. The summed E-state index contributed by atoms with van der Waals surface area (Å²) in [6.07, 6.45) is 1.63. The van der Waals surface area contributed by atoms with Crippen molar-refractivity contribution in [2.24, 2.45) is 0 Å². The van der Waals surface area contributed by atoms with Crippen LogP contribution in [-0.2, 0) is 0 Å². The molecule has 0 saturated carbocycles. The van der Waals surface area contributed by atoms with Crippen molar-refractivity contribution in [3.05, 3.63) is 46.8 Å². The number of benzene rings is 1. The summed E-state index contributed by atoms with van der Waals surface area (Å²) in [7, 11) is 1.29. The van der Waals surface area contributed by atoms with Crippen LogP contribution in [0.2, 0.25) is 0 Å². The number of nitrogens with zero attached hydrogens (tertiary/aromatic N) is 1. The molecule has 22 heavy (non-hydrogen) atoms. The van der Waals surface area contributed by atoms with Crippen molar-refractivity contribution < 1.29 is 19.4 Å². The third kappa shape index (κ3) is 2.46. The van der Waals surface area contributed by atoms with Gasteiger partial charge in [-0.05, 0) is 23.9 Å². The zero-order valence-electron chi connectivity index (χ0n) is 11.4. The van der Waals surface area contributed by atoms with E-state index < -0.39 is 11.2 Å². The molecule has 0 aliphatic carbocycles. The minimum atomic E-state index is -0.444. The maximum Gasteiger partial charge on any atom is 0.203 e. The van der Waals surface area contributed by atoms with Crippen molar-refractivity contribution in [1.82, 2.24) is 4.98 Å². The second-order valence-corrected chi connectivity index (χ2v) is 5.38. The third-order valence-corrected chi connectivity index (χ3v) is 3.80. The quantitative estimate of drug-likeness (QED) is 0.767. The SMILES string of the molecule is COc1c(O)cc2oc(Sc3ccccn3)cc(=O)c2c1O. The summed E-state index contributed by atoms with van der Waals surface area (Å²) in [6, 6.07) is 7.87. The largest absolute Gasteiger partial charge is 0.504 e. The van der Waals surface area contributed by atoms with E-state index in [1.165, 1.54) is 31.0 Å². The molecule has 0 bridgehead atoms. The predicted molar refractivity (Wildman–Crippen MR) is 80.7 cm³/mol. The lowest BCUT2D eigenvalue weighted by atomic mass is 10.2. The van der Waals surface area contributed by atoms with Crippen LogP contribution >= 0.6 is 11.8 Å². The van der Waals surface area contributed by atoms with Gasteiger partial charge >= 0.3 is 0 Å². The highest BCUT2D eigenvalue weighted by Gasteiger charge is 2.18. The smallest absolute Gasteiger partial charge is 0.203 e. The molecule has 0 atom stereocenters. The lowest BCUT2D eigenvalue weighted by Gasteiger charge is -2.09. The predicted octanol–water partition coefficient (Wildman–Crippen LogP) is 2.76. The Hall–Kier alpha value is -2.67. The number of aromatic nitrogens is 1. The molecule has 7 heteroatoms. The molecule has 2 aromatic heterocycles. The van der Waals surface area contributed by atoms with E-state index in [2.05, 4.69) is 4.98 Å². The number of ether oxygens (including phenoxy) is 1. The standard InChI is InChI=1S/C15H11NO5S/c1-20-15-9(18)6-10-13(14(15)19)8(17)7-12(21-10)22-11-4-2-3-5-16-11/h2-7,18-19H,1H3. The van der Waals surface area contributed by atoms with Crippen LogP contribution in [0.1, 0.15) is 0 Å². The average molecular weight is 317 g/mol. The van der Waals surface area contributed by atoms with Gasteiger partial charge in [0.25, 0.3) is 0 Å². The minimum Gasteiger partial charge on any atom is -0.504 e. The van der Waals surface area contributed by atoms with Crippen molar-refractivity contribution in [2.45, 2.75) is 10.1 Å². The van der Waals surface area contributed by atoms with Gasteiger partial charge in [0.05, 0.1) is 7.11 Å². The molecule has 3 rings (SSSR count). The van der Waals surface area contributed by atoms with E-state index >= 15 is 0 Å². The van der Waals surface area contributed by atoms with Gasteiger partial charge in [-0.1, -0.05) is 6.07 Å². The first-order valence-corrected chi connectivity index (χ1v) is 7.07. The van der Waals surface area contributed by atoms with Crippen LogP contribution in [0.15, 0.2) is 55.9 Å². The van der Waals surface area contributed by atoms with E-state index in [9.17, 15) is 15.0 Å². The van der Waals surface area contributed by atoms with Crippen molar-refractivity contribution in [1.29, 1.82) is 0 Å². The minimum absolute atomic E-state index is 0.0416. The molecule has 0 aliphatic heterocycles. The normalized spacial score (nSPS) is 10.8. The fraction of sp³-hybridized carbons (Fsp3) is 0.0667. The molecule has 0 aliphatic rings. The summed E-state index contributed by atoms with van der Waals surface area (Å²) >= 11 is 1.17.